The number of hydrogen-bond donors (Lipinski definition) is 2. The Balaban J connectivity index is 1.67. The van der Waals surface area contributed by atoms with E-state index in [0.29, 0.717) is 24.8 Å². The molecular formula is C19H28N4O3. The molecule has 2 heterocycles. The Bertz CT molecular complexity index is 610. The summed E-state index contributed by atoms with van der Waals surface area (Å²) in [5.41, 5.74) is 0.619. The normalized spacial score (nSPS) is 20.6. The lowest BCUT2D eigenvalue weighted by molar-refractivity contribution is -0.138. The van der Waals surface area contributed by atoms with Crippen molar-refractivity contribution in [3.05, 3.63) is 30.3 Å². The molecule has 0 bridgehead atoms. The Hall–Kier alpha value is -2.12. The van der Waals surface area contributed by atoms with E-state index in [1.807, 2.05) is 18.2 Å². The highest BCUT2D eigenvalue weighted by Crippen LogP contribution is 2.21. The van der Waals surface area contributed by atoms with Crippen molar-refractivity contribution in [1.82, 2.24) is 15.1 Å². The maximum atomic E-state index is 13.1. The van der Waals surface area contributed by atoms with Crippen molar-refractivity contribution < 1.29 is 14.7 Å². The summed E-state index contributed by atoms with van der Waals surface area (Å²) >= 11 is 0. The Morgan fingerprint density at radius 1 is 1.12 bits per heavy atom. The molecule has 2 aliphatic heterocycles. The van der Waals surface area contributed by atoms with Gasteiger partial charge in [-0.25, -0.2) is 9.59 Å². The number of benzene rings is 1. The molecule has 2 aliphatic rings. The van der Waals surface area contributed by atoms with E-state index in [1.54, 1.807) is 24.0 Å². The molecule has 1 aromatic rings. The molecule has 0 radical (unpaired) electrons. The lowest BCUT2D eigenvalue weighted by Gasteiger charge is -2.42. The average molecular weight is 360 g/mol. The maximum absolute atomic E-state index is 13.1. The van der Waals surface area contributed by atoms with Crippen molar-refractivity contribution in [3.8, 4) is 0 Å². The van der Waals surface area contributed by atoms with Crippen LogP contribution in [0.5, 0.6) is 0 Å². The van der Waals surface area contributed by atoms with Crippen LogP contribution in [-0.4, -0.2) is 78.3 Å². The number of urea groups is 1. The third-order valence-electron chi connectivity index (χ3n) is 5.39. The third kappa shape index (κ3) is 4.16. The molecule has 2 fully saturated rings. The molecule has 1 aromatic carbocycles. The van der Waals surface area contributed by atoms with E-state index < -0.39 is 12.0 Å². The molecule has 1 atom stereocenters. The van der Waals surface area contributed by atoms with Gasteiger partial charge in [-0.3, -0.25) is 9.80 Å². The summed E-state index contributed by atoms with van der Waals surface area (Å²) in [6, 6.07) is 8.51. The van der Waals surface area contributed by atoms with Crippen LogP contribution >= 0.6 is 0 Å². The zero-order valence-electron chi connectivity index (χ0n) is 15.3. The van der Waals surface area contributed by atoms with E-state index in [9.17, 15) is 14.7 Å². The number of para-hydroxylation sites is 1. The molecule has 0 aromatic heterocycles. The summed E-state index contributed by atoms with van der Waals surface area (Å²) in [5, 5.41) is 12.8. The minimum Gasteiger partial charge on any atom is -0.480 e. The average Bonchev–Trinajstić information content (AvgIpc) is 2.69. The van der Waals surface area contributed by atoms with Gasteiger partial charge in [-0.2, -0.15) is 0 Å². The second-order valence-corrected chi connectivity index (χ2v) is 7.01. The Morgan fingerprint density at radius 3 is 2.31 bits per heavy atom. The topological polar surface area (TPSA) is 76.1 Å². The molecule has 142 valence electrons. The molecular weight excluding hydrogens is 332 g/mol. The number of piperidine rings is 1. The maximum Gasteiger partial charge on any atom is 0.326 e. The highest BCUT2D eigenvalue weighted by atomic mass is 16.4. The molecule has 2 N–H and O–H groups in total. The number of amides is 2. The van der Waals surface area contributed by atoms with Crippen LogP contribution in [0.15, 0.2) is 30.3 Å². The second-order valence-electron chi connectivity index (χ2n) is 7.01. The van der Waals surface area contributed by atoms with Gasteiger partial charge in [0, 0.05) is 37.9 Å². The molecule has 2 amide bonds. The number of rotatable bonds is 4. The van der Waals surface area contributed by atoms with Crippen LogP contribution in [0.2, 0.25) is 0 Å². The number of carbonyl (C=O) groups excluding carboxylic acids is 1. The Labute approximate surface area is 154 Å². The third-order valence-corrected chi connectivity index (χ3v) is 5.39. The van der Waals surface area contributed by atoms with Crippen molar-refractivity contribution in [2.75, 3.05) is 44.2 Å². The smallest absolute Gasteiger partial charge is 0.326 e. The molecule has 2 saturated heterocycles. The summed E-state index contributed by atoms with van der Waals surface area (Å²) in [6.07, 6.45) is 2.31. The first-order valence-corrected chi connectivity index (χ1v) is 9.38. The highest BCUT2D eigenvalue weighted by molar-refractivity contribution is 5.98. The number of hydrogen-bond acceptors (Lipinski definition) is 4. The lowest BCUT2D eigenvalue weighted by Crippen LogP contribution is -2.58. The van der Waals surface area contributed by atoms with Crippen molar-refractivity contribution in [1.29, 1.82) is 0 Å². The van der Waals surface area contributed by atoms with Crippen molar-refractivity contribution in [2.24, 2.45) is 0 Å². The van der Waals surface area contributed by atoms with E-state index in [-0.39, 0.29) is 6.03 Å². The Morgan fingerprint density at radius 2 is 1.73 bits per heavy atom. The van der Waals surface area contributed by atoms with Gasteiger partial charge in [-0.05, 0) is 45.0 Å². The van der Waals surface area contributed by atoms with E-state index >= 15 is 0 Å². The number of anilines is 1. The monoisotopic (exact) mass is 360 g/mol. The summed E-state index contributed by atoms with van der Waals surface area (Å²) in [4.78, 5) is 30.3. The summed E-state index contributed by atoms with van der Waals surface area (Å²) < 4.78 is 0. The number of nitrogens with one attached hydrogen (secondary N) is 1. The first-order valence-electron chi connectivity index (χ1n) is 9.38. The van der Waals surface area contributed by atoms with Gasteiger partial charge < -0.3 is 15.3 Å². The predicted molar refractivity (Wildman–Crippen MR) is 100 cm³/mol. The van der Waals surface area contributed by atoms with Crippen molar-refractivity contribution in [3.63, 3.8) is 0 Å². The van der Waals surface area contributed by atoms with Gasteiger partial charge >= 0.3 is 12.0 Å². The number of carbonyl (C=O) groups is 2. The minimum atomic E-state index is -1.00. The van der Waals surface area contributed by atoms with Crippen molar-refractivity contribution in [2.45, 2.75) is 31.8 Å². The first kappa shape index (κ1) is 18.7. The van der Waals surface area contributed by atoms with Gasteiger partial charge in [-0.15, -0.1) is 0 Å². The fourth-order valence-electron chi connectivity index (χ4n) is 3.80. The first-order chi connectivity index (χ1) is 12.6. The van der Waals surface area contributed by atoms with E-state index in [0.717, 1.165) is 39.0 Å². The fourth-order valence-corrected chi connectivity index (χ4v) is 3.80. The minimum absolute atomic E-state index is 0.226. The number of nitrogens with zero attached hydrogens (tertiary/aromatic N) is 3. The van der Waals surface area contributed by atoms with Crippen molar-refractivity contribution >= 4 is 17.7 Å². The van der Waals surface area contributed by atoms with Crippen LogP contribution in [0.25, 0.3) is 0 Å². The molecule has 0 saturated carbocycles. The van der Waals surface area contributed by atoms with E-state index in [2.05, 4.69) is 10.2 Å². The predicted octanol–water partition coefficient (Wildman–Crippen LogP) is 1.46. The van der Waals surface area contributed by atoms with E-state index in [1.165, 1.54) is 4.90 Å². The number of carboxylic acid groups (broad SMARTS) is 1. The fraction of sp³-hybridized carbons (Fsp3) is 0.579. The van der Waals surface area contributed by atoms with E-state index in [4.69, 9.17) is 0 Å². The number of aliphatic carboxylic acids is 1. The van der Waals surface area contributed by atoms with Gasteiger partial charge in [0.25, 0.3) is 0 Å². The summed E-state index contributed by atoms with van der Waals surface area (Å²) in [7, 11) is 0. The SMILES string of the molecule is CC(C(=O)O)N(C(=O)N1CCN(C2CCNCC2)CC1)c1ccccc1. The van der Waals surface area contributed by atoms with Gasteiger partial charge in [-0.1, -0.05) is 18.2 Å². The quantitative estimate of drug-likeness (QED) is 0.850. The molecule has 7 nitrogen and oxygen atoms in total. The van der Waals surface area contributed by atoms with Gasteiger partial charge in [0.05, 0.1) is 0 Å². The lowest BCUT2D eigenvalue weighted by atomic mass is 10.0. The zero-order valence-corrected chi connectivity index (χ0v) is 15.3. The van der Waals surface area contributed by atoms with Gasteiger partial charge in [0.1, 0.15) is 6.04 Å². The summed E-state index contributed by atoms with van der Waals surface area (Å²) in [5.74, 6) is -1.00. The molecule has 1 unspecified atom stereocenters. The molecule has 0 aliphatic carbocycles. The van der Waals surface area contributed by atoms with Crippen LogP contribution in [0, 0.1) is 0 Å². The van der Waals surface area contributed by atoms with Crippen LogP contribution in [0.3, 0.4) is 0 Å². The number of piperazine rings is 1. The zero-order chi connectivity index (χ0) is 18.5. The van der Waals surface area contributed by atoms with Gasteiger partial charge in [0.15, 0.2) is 0 Å². The second kappa shape index (κ2) is 8.51. The molecule has 3 rings (SSSR count). The molecule has 26 heavy (non-hydrogen) atoms. The van der Waals surface area contributed by atoms with Crippen LogP contribution < -0.4 is 10.2 Å². The standard InChI is InChI=1S/C19H28N4O3/c1-15(18(24)25)23(17-5-3-2-4-6-17)19(26)22-13-11-21(12-14-22)16-7-9-20-10-8-16/h2-6,15-16,20H,7-14H2,1H3,(H,24,25). The highest BCUT2D eigenvalue weighted by Gasteiger charge is 2.33. The molecule has 0 spiro atoms. The Kier molecular flexibility index (Phi) is 6.11. The summed E-state index contributed by atoms with van der Waals surface area (Å²) in [6.45, 7) is 6.64. The number of carboxylic acids is 1. The largest absolute Gasteiger partial charge is 0.480 e. The van der Waals surface area contributed by atoms with Gasteiger partial charge in [0.2, 0.25) is 0 Å². The molecule has 7 heteroatoms. The van der Waals surface area contributed by atoms with Crippen LogP contribution in [0.4, 0.5) is 10.5 Å². The van der Waals surface area contributed by atoms with Crippen LogP contribution in [-0.2, 0) is 4.79 Å². The van der Waals surface area contributed by atoms with Crippen LogP contribution in [0.1, 0.15) is 19.8 Å².